The summed E-state index contributed by atoms with van der Waals surface area (Å²) < 4.78 is 5.72. The zero-order valence-electron chi connectivity index (χ0n) is 14.7. The van der Waals surface area contributed by atoms with Gasteiger partial charge in [0.25, 0.3) is 5.91 Å². The van der Waals surface area contributed by atoms with Gasteiger partial charge >= 0.3 is 5.97 Å². The van der Waals surface area contributed by atoms with Crippen LogP contribution in [0.1, 0.15) is 34.5 Å². The summed E-state index contributed by atoms with van der Waals surface area (Å²) in [5.41, 5.74) is 2.43. The third-order valence-electron chi connectivity index (χ3n) is 4.60. The number of pyridine rings is 1. The number of piperidine rings is 1. The number of amides is 1. The Hall–Kier alpha value is -2.89. The molecular formula is C20H22N2O4. The minimum Gasteiger partial charge on any atom is -0.487 e. The number of carbonyl (C=O) groups excluding carboxylic acids is 1. The molecule has 2 aromatic rings. The number of aromatic nitrogens is 1. The molecule has 26 heavy (non-hydrogen) atoms. The summed E-state index contributed by atoms with van der Waals surface area (Å²) in [7, 11) is 0. The molecule has 1 aliphatic rings. The highest BCUT2D eigenvalue weighted by Gasteiger charge is 2.27. The fourth-order valence-electron chi connectivity index (χ4n) is 3.01. The van der Waals surface area contributed by atoms with Gasteiger partial charge in [0.2, 0.25) is 0 Å². The first-order chi connectivity index (χ1) is 12.5. The molecule has 0 aliphatic carbocycles. The standard InChI is InChI=1S/C20H22N2O4/c1-14-5-6-18(12-21-14)26-13-15-3-2-4-17(11-15)19(23)22-9-7-16(8-10-22)20(24)25/h2-6,11-12,16H,7-10,13H2,1H3,(H,24,25). The van der Waals surface area contributed by atoms with Gasteiger partial charge in [-0.25, -0.2) is 0 Å². The summed E-state index contributed by atoms with van der Waals surface area (Å²) in [5, 5.41) is 9.06. The van der Waals surface area contributed by atoms with Crippen molar-refractivity contribution in [2.24, 2.45) is 5.92 Å². The van der Waals surface area contributed by atoms with Crippen LogP contribution < -0.4 is 4.74 Å². The summed E-state index contributed by atoms with van der Waals surface area (Å²) in [6.45, 7) is 3.22. The number of benzene rings is 1. The lowest BCUT2D eigenvalue weighted by Crippen LogP contribution is -2.40. The molecular weight excluding hydrogens is 332 g/mol. The molecule has 0 atom stereocenters. The van der Waals surface area contributed by atoms with Crippen LogP contribution in [0, 0.1) is 12.8 Å². The van der Waals surface area contributed by atoms with E-state index < -0.39 is 5.97 Å². The lowest BCUT2D eigenvalue weighted by molar-refractivity contribution is -0.143. The summed E-state index contributed by atoms with van der Waals surface area (Å²) in [6.07, 6.45) is 2.69. The molecule has 0 bridgehead atoms. The van der Waals surface area contributed by atoms with E-state index in [1.54, 1.807) is 17.2 Å². The van der Waals surface area contributed by atoms with E-state index in [0.29, 0.717) is 43.9 Å². The van der Waals surface area contributed by atoms with E-state index in [1.807, 2.05) is 37.3 Å². The number of carbonyl (C=O) groups is 2. The second kappa shape index (κ2) is 7.99. The molecule has 6 nitrogen and oxygen atoms in total. The van der Waals surface area contributed by atoms with Crippen molar-refractivity contribution in [1.29, 1.82) is 0 Å². The predicted molar refractivity (Wildman–Crippen MR) is 96.0 cm³/mol. The maximum Gasteiger partial charge on any atom is 0.306 e. The largest absolute Gasteiger partial charge is 0.487 e. The van der Waals surface area contributed by atoms with Crippen molar-refractivity contribution in [3.8, 4) is 5.75 Å². The van der Waals surface area contributed by atoms with Crippen molar-refractivity contribution in [3.05, 3.63) is 59.4 Å². The van der Waals surface area contributed by atoms with Crippen LogP contribution in [0.3, 0.4) is 0 Å². The number of nitrogens with zero attached hydrogens (tertiary/aromatic N) is 2. The first-order valence-electron chi connectivity index (χ1n) is 8.69. The Kier molecular flexibility index (Phi) is 5.51. The average molecular weight is 354 g/mol. The Balaban J connectivity index is 1.60. The van der Waals surface area contributed by atoms with E-state index in [9.17, 15) is 9.59 Å². The van der Waals surface area contributed by atoms with E-state index in [4.69, 9.17) is 9.84 Å². The first-order valence-corrected chi connectivity index (χ1v) is 8.69. The number of carboxylic acid groups (broad SMARTS) is 1. The molecule has 3 rings (SSSR count). The number of carboxylic acids is 1. The summed E-state index contributed by atoms with van der Waals surface area (Å²) in [4.78, 5) is 29.6. The Morgan fingerprint density at radius 1 is 1.23 bits per heavy atom. The molecule has 1 aromatic carbocycles. The molecule has 0 saturated carbocycles. The molecule has 1 amide bonds. The van der Waals surface area contributed by atoms with Crippen LogP contribution in [0.5, 0.6) is 5.75 Å². The van der Waals surface area contributed by atoms with Gasteiger partial charge in [-0.15, -0.1) is 0 Å². The topological polar surface area (TPSA) is 79.7 Å². The average Bonchev–Trinajstić information content (AvgIpc) is 2.67. The van der Waals surface area contributed by atoms with Crippen molar-refractivity contribution >= 4 is 11.9 Å². The molecule has 0 spiro atoms. The predicted octanol–water partition coefficient (Wildman–Crippen LogP) is 2.91. The molecule has 136 valence electrons. The number of likely N-dealkylation sites (tertiary alicyclic amines) is 1. The molecule has 1 fully saturated rings. The summed E-state index contributed by atoms with van der Waals surface area (Å²) in [5.74, 6) is -0.500. The number of ether oxygens (including phenoxy) is 1. The van der Waals surface area contributed by atoms with E-state index in [0.717, 1.165) is 11.3 Å². The highest BCUT2D eigenvalue weighted by atomic mass is 16.5. The van der Waals surface area contributed by atoms with Gasteiger partial charge in [-0.3, -0.25) is 14.6 Å². The second-order valence-corrected chi connectivity index (χ2v) is 6.53. The number of hydrogen-bond acceptors (Lipinski definition) is 4. The first kappa shape index (κ1) is 17.9. The van der Waals surface area contributed by atoms with Gasteiger partial charge in [0.15, 0.2) is 0 Å². The van der Waals surface area contributed by atoms with Gasteiger partial charge in [-0.05, 0) is 49.6 Å². The Labute approximate surface area is 152 Å². The minimum atomic E-state index is -0.776. The molecule has 1 saturated heterocycles. The van der Waals surface area contributed by atoms with E-state index >= 15 is 0 Å². The van der Waals surface area contributed by atoms with Crippen LogP contribution in [0.2, 0.25) is 0 Å². The van der Waals surface area contributed by atoms with Crippen LogP contribution in [-0.4, -0.2) is 40.0 Å². The molecule has 1 N–H and O–H groups in total. The van der Waals surface area contributed by atoms with Gasteiger partial charge in [0, 0.05) is 24.3 Å². The van der Waals surface area contributed by atoms with Crippen LogP contribution in [0.4, 0.5) is 0 Å². The van der Waals surface area contributed by atoms with Gasteiger partial charge in [-0.1, -0.05) is 12.1 Å². The van der Waals surface area contributed by atoms with Crippen molar-refractivity contribution in [3.63, 3.8) is 0 Å². The Morgan fingerprint density at radius 3 is 2.65 bits per heavy atom. The molecule has 1 aromatic heterocycles. The highest BCUT2D eigenvalue weighted by molar-refractivity contribution is 5.94. The van der Waals surface area contributed by atoms with Gasteiger partial charge in [-0.2, -0.15) is 0 Å². The smallest absolute Gasteiger partial charge is 0.306 e. The number of rotatable bonds is 5. The van der Waals surface area contributed by atoms with E-state index in [-0.39, 0.29) is 11.8 Å². The zero-order valence-corrected chi connectivity index (χ0v) is 14.7. The van der Waals surface area contributed by atoms with Gasteiger partial charge < -0.3 is 14.7 Å². The van der Waals surface area contributed by atoms with Gasteiger partial charge in [0.05, 0.1) is 12.1 Å². The maximum atomic E-state index is 12.7. The van der Waals surface area contributed by atoms with Crippen molar-refractivity contribution in [1.82, 2.24) is 9.88 Å². The molecule has 6 heteroatoms. The fourth-order valence-corrected chi connectivity index (χ4v) is 3.01. The van der Waals surface area contributed by atoms with E-state index in [2.05, 4.69) is 4.98 Å². The second-order valence-electron chi connectivity index (χ2n) is 6.53. The minimum absolute atomic E-state index is 0.0623. The number of aliphatic carboxylic acids is 1. The van der Waals surface area contributed by atoms with E-state index in [1.165, 1.54) is 0 Å². The molecule has 0 unspecified atom stereocenters. The third kappa shape index (κ3) is 4.39. The molecule has 2 heterocycles. The van der Waals surface area contributed by atoms with Crippen LogP contribution in [0.15, 0.2) is 42.6 Å². The monoisotopic (exact) mass is 354 g/mol. The van der Waals surface area contributed by atoms with Crippen LogP contribution >= 0.6 is 0 Å². The van der Waals surface area contributed by atoms with Crippen LogP contribution in [-0.2, 0) is 11.4 Å². The SMILES string of the molecule is Cc1ccc(OCc2cccc(C(=O)N3CCC(C(=O)O)CC3)c2)cn1. The summed E-state index contributed by atoms with van der Waals surface area (Å²) >= 11 is 0. The maximum absolute atomic E-state index is 12.7. The van der Waals surface area contributed by atoms with Crippen LogP contribution in [0.25, 0.3) is 0 Å². The van der Waals surface area contributed by atoms with Crippen molar-refractivity contribution < 1.29 is 19.4 Å². The Bertz CT molecular complexity index is 781. The van der Waals surface area contributed by atoms with Crippen molar-refractivity contribution in [2.45, 2.75) is 26.4 Å². The number of hydrogen-bond donors (Lipinski definition) is 1. The lowest BCUT2D eigenvalue weighted by Gasteiger charge is -2.30. The number of aryl methyl sites for hydroxylation is 1. The fraction of sp³-hybridized carbons (Fsp3) is 0.350. The Morgan fingerprint density at radius 2 is 2.00 bits per heavy atom. The van der Waals surface area contributed by atoms with Crippen molar-refractivity contribution in [2.75, 3.05) is 13.1 Å². The molecule has 0 radical (unpaired) electrons. The quantitative estimate of drug-likeness (QED) is 0.893. The third-order valence-corrected chi connectivity index (χ3v) is 4.60. The van der Waals surface area contributed by atoms with Gasteiger partial charge in [0.1, 0.15) is 12.4 Å². The molecule has 1 aliphatic heterocycles. The zero-order chi connectivity index (χ0) is 18.5. The summed E-state index contributed by atoms with van der Waals surface area (Å²) in [6, 6.07) is 11.1. The highest BCUT2D eigenvalue weighted by Crippen LogP contribution is 2.20. The lowest BCUT2D eigenvalue weighted by atomic mass is 9.96. The normalized spacial score (nSPS) is 14.9.